The van der Waals surface area contributed by atoms with Crippen LogP contribution in [0.25, 0.3) is 0 Å². The van der Waals surface area contributed by atoms with Gasteiger partial charge < -0.3 is 14.8 Å². The Kier molecular flexibility index (Phi) is 7.75. The van der Waals surface area contributed by atoms with E-state index in [0.29, 0.717) is 17.4 Å². The molecule has 0 amide bonds. The van der Waals surface area contributed by atoms with E-state index in [0.717, 1.165) is 23.6 Å². The van der Waals surface area contributed by atoms with Crippen LogP contribution < -0.4 is 14.8 Å². The maximum atomic E-state index is 12.3. The van der Waals surface area contributed by atoms with Crippen LogP contribution in [0.1, 0.15) is 32.4 Å². The van der Waals surface area contributed by atoms with Crippen molar-refractivity contribution in [2.24, 2.45) is 5.92 Å². The molecule has 2 atom stereocenters. The fourth-order valence-electron chi connectivity index (χ4n) is 2.24. The van der Waals surface area contributed by atoms with Gasteiger partial charge in [0.25, 0.3) is 0 Å². The van der Waals surface area contributed by atoms with Crippen molar-refractivity contribution in [2.45, 2.75) is 26.8 Å². The maximum Gasteiger partial charge on any atom is 0.123 e. The zero-order valence-electron chi connectivity index (χ0n) is 13.6. The Balaban J connectivity index is 3.00. The highest BCUT2D eigenvalue weighted by molar-refractivity contribution is 7.85. The fraction of sp³-hybridized carbons (Fsp3) is 0.625. The van der Waals surface area contributed by atoms with Crippen molar-refractivity contribution in [3.63, 3.8) is 0 Å². The molecule has 2 unspecified atom stereocenters. The summed E-state index contributed by atoms with van der Waals surface area (Å²) in [5, 5.41) is 3.40. The van der Waals surface area contributed by atoms with Crippen LogP contribution in [0, 0.1) is 5.92 Å². The number of ether oxygens (including phenoxy) is 2. The van der Waals surface area contributed by atoms with Crippen molar-refractivity contribution in [3.8, 4) is 11.5 Å². The molecule has 0 spiro atoms. The Hall–Kier alpha value is -1.07. The van der Waals surface area contributed by atoms with Gasteiger partial charge in [0.2, 0.25) is 0 Å². The number of hydrogen-bond donors (Lipinski definition) is 1. The first kappa shape index (κ1) is 18.0. The first-order valence-electron chi connectivity index (χ1n) is 7.32. The second-order valence-electron chi connectivity index (χ2n) is 5.39. The zero-order chi connectivity index (χ0) is 15.8. The van der Waals surface area contributed by atoms with E-state index in [1.807, 2.05) is 25.1 Å². The summed E-state index contributed by atoms with van der Waals surface area (Å²) in [6.07, 6.45) is 0. The van der Waals surface area contributed by atoms with Gasteiger partial charge in [0.05, 0.1) is 14.2 Å². The Labute approximate surface area is 130 Å². The van der Waals surface area contributed by atoms with Crippen LogP contribution in [-0.2, 0) is 10.8 Å². The van der Waals surface area contributed by atoms with Gasteiger partial charge in [-0.05, 0) is 30.7 Å². The lowest BCUT2D eigenvalue weighted by Gasteiger charge is -2.21. The Morgan fingerprint density at radius 2 is 1.90 bits per heavy atom. The topological polar surface area (TPSA) is 47.6 Å². The molecule has 0 heterocycles. The molecule has 0 bridgehead atoms. The molecule has 0 radical (unpaired) electrons. The van der Waals surface area contributed by atoms with Crippen molar-refractivity contribution < 1.29 is 13.7 Å². The van der Waals surface area contributed by atoms with Gasteiger partial charge in [-0.3, -0.25) is 4.21 Å². The molecule has 0 saturated heterocycles. The average molecular weight is 313 g/mol. The van der Waals surface area contributed by atoms with Gasteiger partial charge >= 0.3 is 0 Å². The van der Waals surface area contributed by atoms with Crippen LogP contribution >= 0.6 is 0 Å². The molecule has 0 saturated carbocycles. The van der Waals surface area contributed by atoms with Gasteiger partial charge in [-0.1, -0.05) is 20.8 Å². The van der Waals surface area contributed by atoms with Gasteiger partial charge in [-0.25, -0.2) is 0 Å². The average Bonchev–Trinajstić information content (AvgIpc) is 2.45. The molecular weight excluding hydrogens is 286 g/mol. The summed E-state index contributed by atoms with van der Waals surface area (Å²) in [6.45, 7) is 7.04. The van der Waals surface area contributed by atoms with Crippen LogP contribution in [-0.4, -0.2) is 36.5 Å². The van der Waals surface area contributed by atoms with Gasteiger partial charge in [0.1, 0.15) is 11.5 Å². The van der Waals surface area contributed by atoms with Crippen molar-refractivity contribution in [1.82, 2.24) is 5.32 Å². The molecule has 21 heavy (non-hydrogen) atoms. The van der Waals surface area contributed by atoms with E-state index in [9.17, 15) is 4.21 Å². The van der Waals surface area contributed by atoms with Crippen molar-refractivity contribution in [3.05, 3.63) is 23.8 Å². The zero-order valence-corrected chi connectivity index (χ0v) is 14.5. The fourth-order valence-corrected chi connectivity index (χ4v) is 3.79. The van der Waals surface area contributed by atoms with Crippen LogP contribution in [0.5, 0.6) is 11.5 Å². The summed E-state index contributed by atoms with van der Waals surface area (Å²) in [4.78, 5) is 0. The van der Waals surface area contributed by atoms with E-state index in [1.54, 1.807) is 14.2 Å². The highest BCUT2D eigenvalue weighted by Gasteiger charge is 2.19. The summed E-state index contributed by atoms with van der Waals surface area (Å²) < 4.78 is 23.0. The monoisotopic (exact) mass is 313 g/mol. The minimum atomic E-state index is -0.860. The lowest BCUT2D eigenvalue weighted by molar-refractivity contribution is 0.392. The molecule has 5 heteroatoms. The molecule has 0 fully saturated rings. The molecule has 0 aliphatic heterocycles. The standard InChI is InChI=1S/C16H27NO3S/c1-6-17-15(11-21(18)10-12(2)3)14-9-13(19-4)7-8-16(14)20-5/h7-9,12,15,17H,6,10-11H2,1-5H3. The maximum absolute atomic E-state index is 12.3. The Morgan fingerprint density at radius 1 is 1.19 bits per heavy atom. The molecule has 0 aromatic heterocycles. The third-order valence-electron chi connectivity index (χ3n) is 3.13. The van der Waals surface area contributed by atoms with Crippen LogP contribution in [0.15, 0.2) is 18.2 Å². The van der Waals surface area contributed by atoms with E-state index in [-0.39, 0.29) is 6.04 Å². The molecule has 1 aromatic carbocycles. The van der Waals surface area contributed by atoms with E-state index < -0.39 is 10.8 Å². The quantitative estimate of drug-likeness (QED) is 0.761. The highest BCUT2D eigenvalue weighted by atomic mass is 32.2. The van der Waals surface area contributed by atoms with E-state index in [1.165, 1.54) is 0 Å². The molecule has 0 aliphatic rings. The molecule has 1 aromatic rings. The smallest absolute Gasteiger partial charge is 0.123 e. The van der Waals surface area contributed by atoms with Crippen molar-refractivity contribution in [1.29, 1.82) is 0 Å². The summed E-state index contributed by atoms with van der Waals surface area (Å²) >= 11 is 0. The lowest BCUT2D eigenvalue weighted by atomic mass is 10.1. The summed E-state index contributed by atoms with van der Waals surface area (Å²) in [7, 11) is 2.44. The first-order chi connectivity index (χ1) is 10.0. The van der Waals surface area contributed by atoms with Crippen molar-refractivity contribution in [2.75, 3.05) is 32.3 Å². The second kappa shape index (κ2) is 9.05. The van der Waals surface area contributed by atoms with E-state index in [4.69, 9.17) is 9.47 Å². The van der Waals surface area contributed by atoms with Crippen molar-refractivity contribution >= 4 is 10.8 Å². The van der Waals surface area contributed by atoms with Crippen LogP contribution in [0.2, 0.25) is 0 Å². The third kappa shape index (κ3) is 5.67. The lowest BCUT2D eigenvalue weighted by Crippen LogP contribution is -2.28. The van der Waals surface area contributed by atoms with Gasteiger partial charge in [0.15, 0.2) is 0 Å². The largest absolute Gasteiger partial charge is 0.497 e. The number of methoxy groups -OCH3 is 2. The van der Waals surface area contributed by atoms with Gasteiger partial charge in [0, 0.05) is 33.9 Å². The molecular formula is C16H27NO3S. The van der Waals surface area contributed by atoms with Gasteiger partial charge in [-0.15, -0.1) is 0 Å². The van der Waals surface area contributed by atoms with Crippen LogP contribution in [0.3, 0.4) is 0 Å². The molecule has 1 N–H and O–H groups in total. The number of hydrogen-bond acceptors (Lipinski definition) is 4. The second-order valence-corrected chi connectivity index (χ2v) is 6.93. The summed E-state index contributed by atoms with van der Waals surface area (Å²) in [5.41, 5.74) is 0.996. The highest BCUT2D eigenvalue weighted by Crippen LogP contribution is 2.30. The van der Waals surface area contributed by atoms with Gasteiger partial charge in [-0.2, -0.15) is 0 Å². The molecule has 0 aliphatic carbocycles. The SMILES string of the molecule is CCNC(CS(=O)CC(C)C)c1cc(OC)ccc1OC. The predicted octanol–water partition coefficient (Wildman–Crippen LogP) is 2.76. The van der Waals surface area contributed by atoms with Crippen LogP contribution in [0.4, 0.5) is 0 Å². The summed E-state index contributed by atoms with van der Waals surface area (Å²) in [5.74, 6) is 3.30. The Morgan fingerprint density at radius 3 is 2.43 bits per heavy atom. The van der Waals surface area contributed by atoms with E-state index >= 15 is 0 Å². The summed E-state index contributed by atoms with van der Waals surface area (Å²) in [6, 6.07) is 5.72. The number of benzene rings is 1. The normalized spacial score (nSPS) is 14.0. The predicted molar refractivity (Wildman–Crippen MR) is 88.7 cm³/mol. The number of rotatable bonds is 9. The van der Waals surface area contributed by atoms with E-state index in [2.05, 4.69) is 19.2 Å². The first-order valence-corrected chi connectivity index (χ1v) is 8.80. The minimum absolute atomic E-state index is 0.000340. The molecule has 4 nitrogen and oxygen atoms in total. The molecule has 120 valence electrons. The third-order valence-corrected chi connectivity index (χ3v) is 4.88. The number of nitrogens with one attached hydrogen (secondary N) is 1. The Bertz CT molecular complexity index is 463. The molecule has 1 rings (SSSR count). The minimum Gasteiger partial charge on any atom is -0.497 e.